The lowest BCUT2D eigenvalue weighted by molar-refractivity contribution is -0.129. The van der Waals surface area contributed by atoms with Gasteiger partial charge in [0.2, 0.25) is 15.9 Å². The molecule has 0 heterocycles. The number of likely N-dealkylation sites (N-methyl/N-ethyl adjacent to an activating group) is 1. The van der Waals surface area contributed by atoms with Crippen LogP contribution in [0.3, 0.4) is 0 Å². The third kappa shape index (κ3) is 6.13. The van der Waals surface area contributed by atoms with Crippen LogP contribution in [-0.2, 0) is 21.4 Å². The second kappa shape index (κ2) is 10.5. The maximum absolute atomic E-state index is 12.6. The van der Waals surface area contributed by atoms with Crippen LogP contribution < -0.4 is 5.32 Å². The number of carbonyl (C=O) groups is 1. The Hall–Kier alpha value is -2.22. The normalized spacial score (nSPS) is 12.7. The van der Waals surface area contributed by atoms with E-state index in [9.17, 15) is 13.2 Å². The smallest absolute Gasteiger partial charge is 0.243 e. The van der Waals surface area contributed by atoms with E-state index in [0.717, 1.165) is 11.1 Å². The fraction of sp³-hybridized carbons (Fsp3) is 0.409. The molecule has 0 radical (unpaired) electrons. The van der Waals surface area contributed by atoms with Crippen LogP contribution in [0.5, 0.6) is 0 Å². The molecule has 1 N–H and O–H groups in total. The highest BCUT2D eigenvalue weighted by Gasteiger charge is 2.21. The molecule has 0 saturated carbocycles. The lowest BCUT2D eigenvalue weighted by atomic mass is 10.1. The Labute approximate surface area is 174 Å². The highest BCUT2D eigenvalue weighted by molar-refractivity contribution is 7.89. The van der Waals surface area contributed by atoms with Crippen LogP contribution in [0.15, 0.2) is 59.5 Å². The fourth-order valence-electron chi connectivity index (χ4n) is 3.08. The van der Waals surface area contributed by atoms with E-state index < -0.39 is 10.0 Å². The van der Waals surface area contributed by atoms with Gasteiger partial charge in [0.1, 0.15) is 0 Å². The standard InChI is InChI=1S/C22H31N3O3S/c1-5-25(6-2)29(27,28)21-14-12-20(13-15-21)18(3)23-16-22(26)24(4)17-19-10-8-7-9-11-19/h7-15,18,23H,5-6,16-17H2,1-4H3/t18-/m0/s1. The number of hydrogen-bond acceptors (Lipinski definition) is 4. The Morgan fingerprint density at radius 3 is 2.14 bits per heavy atom. The van der Waals surface area contributed by atoms with Crippen LogP contribution in [0.1, 0.15) is 37.9 Å². The van der Waals surface area contributed by atoms with E-state index in [1.165, 1.54) is 4.31 Å². The number of carbonyl (C=O) groups excluding carboxylic acids is 1. The fourth-order valence-corrected chi connectivity index (χ4v) is 4.54. The molecule has 29 heavy (non-hydrogen) atoms. The number of nitrogens with one attached hydrogen (secondary N) is 1. The number of hydrogen-bond donors (Lipinski definition) is 1. The number of rotatable bonds is 10. The molecule has 6 nitrogen and oxygen atoms in total. The maximum atomic E-state index is 12.6. The minimum Gasteiger partial charge on any atom is -0.340 e. The van der Waals surface area contributed by atoms with Gasteiger partial charge in [-0.25, -0.2) is 8.42 Å². The molecule has 7 heteroatoms. The molecule has 0 bridgehead atoms. The summed E-state index contributed by atoms with van der Waals surface area (Å²) in [5.74, 6) is 0.00133. The second-order valence-corrected chi connectivity index (χ2v) is 8.93. The lowest BCUT2D eigenvalue weighted by Crippen LogP contribution is -2.36. The Morgan fingerprint density at radius 1 is 1.00 bits per heavy atom. The van der Waals surface area contributed by atoms with Crippen molar-refractivity contribution in [2.24, 2.45) is 0 Å². The molecule has 2 rings (SSSR count). The van der Waals surface area contributed by atoms with E-state index in [1.54, 1.807) is 36.2 Å². The Bertz CT molecular complexity index is 879. The number of sulfonamides is 1. The third-order valence-corrected chi connectivity index (χ3v) is 7.04. The van der Waals surface area contributed by atoms with E-state index in [0.29, 0.717) is 19.6 Å². The zero-order chi connectivity index (χ0) is 21.4. The predicted octanol–water partition coefficient (Wildman–Crippen LogP) is 3.03. The zero-order valence-electron chi connectivity index (χ0n) is 17.6. The van der Waals surface area contributed by atoms with Crippen LogP contribution in [-0.4, -0.2) is 50.2 Å². The molecule has 0 fully saturated rings. The molecule has 0 spiro atoms. The van der Waals surface area contributed by atoms with Gasteiger partial charge >= 0.3 is 0 Å². The molecular formula is C22H31N3O3S. The number of amides is 1. The van der Waals surface area contributed by atoms with E-state index >= 15 is 0 Å². The van der Waals surface area contributed by atoms with E-state index in [4.69, 9.17) is 0 Å². The van der Waals surface area contributed by atoms with Crippen LogP contribution in [0.4, 0.5) is 0 Å². The summed E-state index contributed by atoms with van der Waals surface area (Å²) in [5, 5.41) is 3.22. The van der Waals surface area contributed by atoms with Gasteiger partial charge < -0.3 is 10.2 Å². The molecule has 0 aliphatic rings. The van der Waals surface area contributed by atoms with Crippen LogP contribution in [0.25, 0.3) is 0 Å². The molecular weight excluding hydrogens is 386 g/mol. The summed E-state index contributed by atoms with van der Waals surface area (Å²) < 4.78 is 26.6. The van der Waals surface area contributed by atoms with Gasteiger partial charge in [-0.1, -0.05) is 56.3 Å². The average Bonchev–Trinajstić information content (AvgIpc) is 2.73. The van der Waals surface area contributed by atoms with Gasteiger partial charge in [0.15, 0.2) is 0 Å². The Morgan fingerprint density at radius 2 is 1.59 bits per heavy atom. The van der Waals surface area contributed by atoms with Crippen molar-refractivity contribution in [3.05, 3.63) is 65.7 Å². The van der Waals surface area contributed by atoms with Crippen molar-refractivity contribution in [3.63, 3.8) is 0 Å². The zero-order valence-corrected chi connectivity index (χ0v) is 18.4. The molecule has 2 aromatic carbocycles. The van der Waals surface area contributed by atoms with Gasteiger partial charge in [-0.2, -0.15) is 4.31 Å². The average molecular weight is 418 g/mol. The van der Waals surface area contributed by atoms with E-state index in [1.807, 2.05) is 51.1 Å². The third-order valence-electron chi connectivity index (χ3n) is 4.97. The summed E-state index contributed by atoms with van der Waals surface area (Å²) >= 11 is 0. The second-order valence-electron chi connectivity index (χ2n) is 7.00. The van der Waals surface area contributed by atoms with Gasteiger partial charge in [-0.15, -0.1) is 0 Å². The van der Waals surface area contributed by atoms with Crippen molar-refractivity contribution in [1.29, 1.82) is 0 Å². The lowest BCUT2D eigenvalue weighted by Gasteiger charge is -2.21. The summed E-state index contributed by atoms with van der Waals surface area (Å²) in [4.78, 5) is 14.4. The van der Waals surface area contributed by atoms with Crippen LogP contribution >= 0.6 is 0 Å². The summed E-state index contributed by atoms with van der Waals surface area (Å²) in [6.45, 7) is 7.27. The predicted molar refractivity (Wildman–Crippen MR) is 116 cm³/mol. The van der Waals surface area contributed by atoms with Gasteiger partial charge in [0, 0.05) is 32.7 Å². The summed E-state index contributed by atoms with van der Waals surface area (Å²) in [5.41, 5.74) is 2.02. The minimum absolute atomic E-state index is 0.00133. The molecule has 0 aromatic heterocycles. The molecule has 0 aliphatic carbocycles. The topological polar surface area (TPSA) is 69.7 Å². The SMILES string of the molecule is CCN(CC)S(=O)(=O)c1ccc([C@H](C)NCC(=O)N(C)Cc2ccccc2)cc1. The van der Waals surface area contributed by atoms with Crippen LogP contribution in [0.2, 0.25) is 0 Å². The molecule has 0 aliphatic heterocycles. The molecule has 0 saturated heterocycles. The van der Waals surface area contributed by atoms with Gasteiger partial charge in [-0.3, -0.25) is 4.79 Å². The van der Waals surface area contributed by atoms with Crippen molar-refractivity contribution in [2.45, 2.75) is 38.3 Å². The first-order valence-electron chi connectivity index (χ1n) is 9.91. The van der Waals surface area contributed by atoms with Crippen molar-refractivity contribution in [3.8, 4) is 0 Å². The van der Waals surface area contributed by atoms with Gasteiger partial charge in [0.25, 0.3) is 0 Å². The first-order chi connectivity index (χ1) is 13.8. The van der Waals surface area contributed by atoms with Crippen LogP contribution in [0, 0.1) is 0 Å². The maximum Gasteiger partial charge on any atom is 0.243 e. The van der Waals surface area contributed by atoms with Crippen molar-refractivity contribution in [1.82, 2.24) is 14.5 Å². The van der Waals surface area contributed by atoms with E-state index in [-0.39, 0.29) is 23.4 Å². The molecule has 1 amide bonds. The highest BCUT2D eigenvalue weighted by atomic mass is 32.2. The minimum atomic E-state index is -3.46. The Kier molecular flexibility index (Phi) is 8.37. The summed E-state index contributed by atoms with van der Waals surface area (Å²) in [7, 11) is -1.67. The Balaban J connectivity index is 1.93. The summed E-state index contributed by atoms with van der Waals surface area (Å²) in [6.07, 6.45) is 0. The molecule has 1 atom stereocenters. The van der Waals surface area contributed by atoms with Crippen molar-refractivity contribution >= 4 is 15.9 Å². The molecule has 2 aromatic rings. The quantitative estimate of drug-likeness (QED) is 0.645. The first kappa shape index (κ1) is 23.1. The van der Waals surface area contributed by atoms with Gasteiger partial charge in [-0.05, 0) is 30.2 Å². The summed E-state index contributed by atoms with van der Waals surface area (Å²) in [6, 6.07) is 16.6. The largest absolute Gasteiger partial charge is 0.340 e. The highest BCUT2D eigenvalue weighted by Crippen LogP contribution is 2.19. The number of benzene rings is 2. The monoisotopic (exact) mass is 417 g/mol. The first-order valence-corrected chi connectivity index (χ1v) is 11.3. The van der Waals surface area contributed by atoms with E-state index in [2.05, 4.69) is 5.32 Å². The molecule has 158 valence electrons. The number of nitrogens with zero attached hydrogens (tertiary/aromatic N) is 2. The molecule has 0 unspecified atom stereocenters. The van der Waals surface area contributed by atoms with Gasteiger partial charge in [0.05, 0.1) is 11.4 Å². The van der Waals surface area contributed by atoms with Crippen molar-refractivity contribution < 1.29 is 13.2 Å². The van der Waals surface area contributed by atoms with Crippen molar-refractivity contribution in [2.75, 3.05) is 26.7 Å².